The van der Waals surface area contributed by atoms with Gasteiger partial charge in [-0.05, 0) is 37.6 Å². The summed E-state index contributed by atoms with van der Waals surface area (Å²) in [7, 11) is 1.51. The molecule has 0 bridgehead atoms. The fraction of sp³-hybridized carbons (Fsp3) is 0.294. The molecule has 0 radical (unpaired) electrons. The topological polar surface area (TPSA) is 21.3 Å². The second kappa shape index (κ2) is 6.68. The Morgan fingerprint density at radius 1 is 0.952 bits per heavy atom. The molecule has 4 heteroatoms. The molecule has 0 aliphatic carbocycles. The SMILES string of the molecule is COc1ccc(C(C)N[C@@H](C)c2ccc(F)cc2)c(F)c1. The van der Waals surface area contributed by atoms with Crippen LogP contribution in [-0.4, -0.2) is 7.11 Å². The molecular formula is C17H19F2NO. The van der Waals surface area contributed by atoms with Crippen molar-refractivity contribution in [1.82, 2.24) is 5.32 Å². The van der Waals surface area contributed by atoms with Gasteiger partial charge in [-0.15, -0.1) is 0 Å². The van der Waals surface area contributed by atoms with E-state index in [0.717, 1.165) is 5.56 Å². The summed E-state index contributed by atoms with van der Waals surface area (Å²) in [6, 6.07) is 10.9. The largest absolute Gasteiger partial charge is 0.497 e. The fourth-order valence-electron chi connectivity index (χ4n) is 2.30. The molecule has 2 aromatic carbocycles. The molecule has 112 valence electrons. The van der Waals surface area contributed by atoms with E-state index >= 15 is 0 Å². The third-order valence-corrected chi connectivity index (χ3v) is 3.54. The van der Waals surface area contributed by atoms with E-state index < -0.39 is 0 Å². The van der Waals surface area contributed by atoms with Crippen LogP contribution in [0.4, 0.5) is 8.78 Å². The van der Waals surface area contributed by atoms with Crippen LogP contribution in [0, 0.1) is 11.6 Å². The van der Waals surface area contributed by atoms with Gasteiger partial charge >= 0.3 is 0 Å². The molecule has 2 aromatic rings. The van der Waals surface area contributed by atoms with Gasteiger partial charge in [0, 0.05) is 23.7 Å². The third-order valence-electron chi connectivity index (χ3n) is 3.54. The zero-order valence-electron chi connectivity index (χ0n) is 12.4. The van der Waals surface area contributed by atoms with Crippen LogP contribution in [0.25, 0.3) is 0 Å². The van der Waals surface area contributed by atoms with Crippen molar-refractivity contribution in [2.75, 3.05) is 7.11 Å². The van der Waals surface area contributed by atoms with Crippen LogP contribution in [0.15, 0.2) is 42.5 Å². The Morgan fingerprint density at radius 2 is 1.62 bits per heavy atom. The summed E-state index contributed by atoms with van der Waals surface area (Å²) in [5, 5.41) is 3.31. The van der Waals surface area contributed by atoms with Crippen molar-refractivity contribution in [3.05, 3.63) is 65.2 Å². The smallest absolute Gasteiger partial charge is 0.131 e. The van der Waals surface area contributed by atoms with Crippen LogP contribution >= 0.6 is 0 Å². The Hall–Kier alpha value is -1.94. The van der Waals surface area contributed by atoms with Gasteiger partial charge in [0.05, 0.1) is 7.11 Å². The maximum Gasteiger partial charge on any atom is 0.131 e. The van der Waals surface area contributed by atoms with Crippen LogP contribution in [-0.2, 0) is 0 Å². The first-order valence-corrected chi connectivity index (χ1v) is 6.86. The van der Waals surface area contributed by atoms with Crippen molar-refractivity contribution in [2.24, 2.45) is 0 Å². The molecule has 0 saturated carbocycles. The van der Waals surface area contributed by atoms with Gasteiger partial charge in [-0.1, -0.05) is 18.2 Å². The number of methoxy groups -OCH3 is 1. The lowest BCUT2D eigenvalue weighted by Gasteiger charge is -2.21. The summed E-state index contributed by atoms with van der Waals surface area (Å²) in [6.45, 7) is 3.86. The van der Waals surface area contributed by atoms with Crippen molar-refractivity contribution in [1.29, 1.82) is 0 Å². The van der Waals surface area contributed by atoms with Gasteiger partial charge in [0.2, 0.25) is 0 Å². The van der Waals surface area contributed by atoms with E-state index in [1.807, 2.05) is 13.8 Å². The highest BCUT2D eigenvalue weighted by Crippen LogP contribution is 2.24. The Kier molecular flexibility index (Phi) is 4.91. The Bertz CT molecular complexity index is 598. The van der Waals surface area contributed by atoms with Gasteiger partial charge in [-0.2, -0.15) is 0 Å². The molecule has 0 heterocycles. The van der Waals surface area contributed by atoms with E-state index in [4.69, 9.17) is 4.74 Å². The number of hydrogen-bond acceptors (Lipinski definition) is 2. The highest BCUT2D eigenvalue weighted by atomic mass is 19.1. The summed E-state index contributed by atoms with van der Waals surface area (Å²) in [5.74, 6) is -0.0733. The zero-order chi connectivity index (χ0) is 15.4. The lowest BCUT2D eigenvalue weighted by Crippen LogP contribution is -2.23. The van der Waals surface area contributed by atoms with E-state index in [9.17, 15) is 8.78 Å². The average molecular weight is 291 g/mol. The van der Waals surface area contributed by atoms with Crippen LogP contribution in [0.5, 0.6) is 5.75 Å². The van der Waals surface area contributed by atoms with Crippen LogP contribution in [0.3, 0.4) is 0 Å². The molecule has 21 heavy (non-hydrogen) atoms. The first-order chi connectivity index (χ1) is 10.0. The van der Waals surface area contributed by atoms with E-state index in [1.165, 1.54) is 25.3 Å². The second-order valence-corrected chi connectivity index (χ2v) is 5.05. The molecular weight excluding hydrogens is 272 g/mol. The number of nitrogens with one attached hydrogen (secondary N) is 1. The minimum atomic E-state index is -0.305. The van der Waals surface area contributed by atoms with Crippen LogP contribution in [0.1, 0.15) is 37.1 Å². The first kappa shape index (κ1) is 15.4. The van der Waals surface area contributed by atoms with Crippen molar-refractivity contribution < 1.29 is 13.5 Å². The highest BCUT2D eigenvalue weighted by molar-refractivity contribution is 5.31. The average Bonchev–Trinajstić information content (AvgIpc) is 2.47. The molecule has 1 N–H and O–H groups in total. The number of halogens is 2. The molecule has 2 nitrogen and oxygen atoms in total. The highest BCUT2D eigenvalue weighted by Gasteiger charge is 2.15. The van der Waals surface area contributed by atoms with E-state index in [1.54, 1.807) is 24.3 Å². The monoisotopic (exact) mass is 291 g/mol. The summed E-state index contributed by atoms with van der Waals surface area (Å²) in [5.41, 5.74) is 1.53. The van der Waals surface area contributed by atoms with Gasteiger partial charge in [0.15, 0.2) is 0 Å². The van der Waals surface area contributed by atoms with Crippen molar-refractivity contribution in [2.45, 2.75) is 25.9 Å². The zero-order valence-corrected chi connectivity index (χ0v) is 12.4. The van der Waals surface area contributed by atoms with Crippen LogP contribution in [0.2, 0.25) is 0 Å². The number of hydrogen-bond donors (Lipinski definition) is 1. The normalized spacial score (nSPS) is 13.8. The van der Waals surface area contributed by atoms with Crippen molar-refractivity contribution in [3.8, 4) is 5.75 Å². The molecule has 2 rings (SSSR count). The minimum absolute atomic E-state index is 0.0119. The quantitative estimate of drug-likeness (QED) is 0.882. The summed E-state index contributed by atoms with van der Waals surface area (Å²) in [4.78, 5) is 0. The van der Waals surface area contributed by atoms with Gasteiger partial charge in [-0.3, -0.25) is 0 Å². The van der Waals surface area contributed by atoms with Gasteiger partial charge in [0.1, 0.15) is 17.4 Å². The minimum Gasteiger partial charge on any atom is -0.497 e. The third kappa shape index (κ3) is 3.79. The lowest BCUT2D eigenvalue weighted by molar-refractivity contribution is 0.408. The Morgan fingerprint density at radius 3 is 2.19 bits per heavy atom. The van der Waals surface area contributed by atoms with Crippen LogP contribution < -0.4 is 10.1 Å². The number of rotatable bonds is 5. The standard InChI is InChI=1S/C17H19F2NO/c1-11(13-4-6-14(18)7-5-13)20-12(2)16-9-8-15(21-3)10-17(16)19/h4-12,20H,1-3H3/t11-,12?/m0/s1. The Labute approximate surface area is 123 Å². The molecule has 0 aromatic heterocycles. The predicted octanol–water partition coefficient (Wildman–Crippen LogP) is 4.39. The summed E-state index contributed by atoms with van der Waals surface area (Å²) >= 11 is 0. The maximum absolute atomic E-state index is 14.0. The van der Waals surface area contributed by atoms with E-state index in [2.05, 4.69) is 5.32 Å². The molecule has 0 aliphatic rings. The van der Waals surface area contributed by atoms with Gasteiger partial charge < -0.3 is 10.1 Å². The summed E-state index contributed by atoms with van der Waals surface area (Å²) < 4.78 is 31.9. The van der Waals surface area contributed by atoms with E-state index in [-0.39, 0.29) is 23.7 Å². The van der Waals surface area contributed by atoms with E-state index in [0.29, 0.717) is 11.3 Å². The molecule has 0 aliphatic heterocycles. The summed E-state index contributed by atoms with van der Waals surface area (Å²) in [6.07, 6.45) is 0. The number of benzene rings is 2. The molecule has 0 fully saturated rings. The lowest BCUT2D eigenvalue weighted by atomic mass is 10.0. The second-order valence-electron chi connectivity index (χ2n) is 5.05. The fourth-order valence-corrected chi connectivity index (χ4v) is 2.30. The molecule has 0 spiro atoms. The molecule has 1 unspecified atom stereocenters. The van der Waals surface area contributed by atoms with Gasteiger partial charge in [0.25, 0.3) is 0 Å². The predicted molar refractivity (Wildman–Crippen MR) is 79.3 cm³/mol. The van der Waals surface area contributed by atoms with Gasteiger partial charge in [-0.25, -0.2) is 8.78 Å². The van der Waals surface area contributed by atoms with Crippen molar-refractivity contribution in [3.63, 3.8) is 0 Å². The van der Waals surface area contributed by atoms with Crippen molar-refractivity contribution >= 4 is 0 Å². The maximum atomic E-state index is 14.0. The molecule has 2 atom stereocenters. The number of ether oxygens (including phenoxy) is 1. The molecule has 0 amide bonds. The Balaban J connectivity index is 2.10. The first-order valence-electron chi connectivity index (χ1n) is 6.86. The molecule has 0 saturated heterocycles.